The van der Waals surface area contributed by atoms with Crippen molar-refractivity contribution >= 4 is 34.4 Å². The van der Waals surface area contributed by atoms with Crippen LogP contribution in [0.25, 0.3) is 11.1 Å². The molecular weight excluding hydrogens is 404 g/mol. The van der Waals surface area contributed by atoms with Crippen molar-refractivity contribution in [2.75, 3.05) is 0 Å². The molecule has 1 saturated carbocycles. The van der Waals surface area contributed by atoms with Crippen LogP contribution in [0.15, 0.2) is 53.5 Å². The first-order chi connectivity index (χ1) is 14.1. The van der Waals surface area contributed by atoms with Gasteiger partial charge >= 0.3 is 0 Å². The Balaban J connectivity index is 1.55. The molecule has 0 amide bonds. The van der Waals surface area contributed by atoms with E-state index in [4.69, 9.17) is 0 Å². The summed E-state index contributed by atoms with van der Waals surface area (Å²) >= 11 is 6.18. The summed E-state index contributed by atoms with van der Waals surface area (Å²) in [6.07, 6.45) is 4.99. The lowest BCUT2D eigenvalue weighted by Crippen LogP contribution is -2.12. The minimum Gasteiger partial charge on any atom is -0.205 e. The molecule has 144 valence electrons. The number of hydrogen-bond donors (Lipinski definition) is 0. The van der Waals surface area contributed by atoms with Gasteiger partial charge in [-0.25, -0.2) is 8.78 Å². The highest BCUT2D eigenvalue weighted by Gasteiger charge is 2.18. The van der Waals surface area contributed by atoms with Gasteiger partial charge in [0.15, 0.2) is 0 Å². The van der Waals surface area contributed by atoms with Gasteiger partial charge in [-0.2, -0.15) is 4.99 Å². The van der Waals surface area contributed by atoms with Gasteiger partial charge < -0.3 is 0 Å². The van der Waals surface area contributed by atoms with Crippen molar-refractivity contribution in [3.05, 3.63) is 75.5 Å². The first kappa shape index (κ1) is 19.7. The van der Waals surface area contributed by atoms with E-state index < -0.39 is 11.6 Å². The van der Waals surface area contributed by atoms with E-state index in [9.17, 15) is 8.78 Å². The van der Waals surface area contributed by atoms with Crippen LogP contribution in [0, 0.1) is 29.4 Å². The molecule has 0 saturated heterocycles. The molecule has 0 radical (unpaired) electrons. The zero-order chi connectivity index (χ0) is 20.2. The Hall–Kier alpha value is -2.64. The molecule has 1 aliphatic rings. The third kappa shape index (κ3) is 4.68. The van der Waals surface area contributed by atoms with E-state index in [0.29, 0.717) is 16.8 Å². The van der Waals surface area contributed by atoms with Crippen LogP contribution in [0.4, 0.5) is 14.5 Å². The number of aliphatic imine (C=N–C) groups is 1. The summed E-state index contributed by atoms with van der Waals surface area (Å²) in [5, 5.41) is 2.29. The molecule has 0 atom stereocenters. The van der Waals surface area contributed by atoms with Gasteiger partial charge in [-0.3, -0.25) is 0 Å². The summed E-state index contributed by atoms with van der Waals surface area (Å²) < 4.78 is 29.1. The number of thiophene rings is 1. The summed E-state index contributed by atoms with van der Waals surface area (Å²) in [5.41, 5.74) is 1.57. The number of rotatable bonds is 4. The number of benzene rings is 2. The van der Waals surface area contributed by atoms with E-state index in [1.807, 2.05) is 6.07 Å². The maximum Gasteiger partial charge on any atom is 0.142 e. The molecule has 29 heavy (non-hydrogen) atoms. The Kier molecular flexibility index (Phi) is 5.97. The molecule has 2 aromatic carbocycles. The van der Waals surface area contributed by atoms with Crippen LogP contribution in [0.5, 0.6) is 0 Å². The average molecular weight is 422 g/mol. The van der Waals surface area contributed by atoms with Crippen LogP contribution < -0.4 is 0 Å². The van der Waals surface area contributed by atoms with Gasteiger partial charge in [0.05, 0.1) is 21.3 Å². The zero-order valence-corrected chi connectivity index (χ0v) is 17.2. The third-order valence-electron chi connectivity index (χ3n) is 5.10. The van der Waals surface area contributed by atoms with E-state index in [2.05, 4.69) is 40.3 Å². The third-order valence-corrected chi connectivity index (χ3v) is 6.22. The van der Waals surface area contributed by atoms with Gasteiger partial charge in [-0.1, -0.05) is 43.2 Å². The summed E-state index contributed by atoms with van der Waals surface area (Å²) in [4.78, 5) is 5.99. The van der Waals surface area contributed by atoms with E-state index in [1.165, 1.54) is 36.3 Å². The number of hydrogen-bond acceptors (Lipinski definition) is 3. The van der Waals surface area contributed by atoms with Crippen molar-refractivity contribution in [2.45, 2.75) is 25.7 Å². The highest BCUT2D eigenvalue weighted by Crippen LogP contribution is 2.32. The monoisotopic (exact) mass is 421 g/mol. The van der Waals surface area contributed by atoms with Crippen molar-refractivity contribution in [3.63, 3.8) is 0 Å². The molecule has 0 aliphatic heterocycles. The fourth-order valence-electron chi connectivity index (χ4n) is 3.30. The van der Waals surface area contributed by atoms with E-state index in [0.717, 1.165) is 17.2 Å². The minimum absolute atomic E-state index is 0.204. The average Bonchev–Trinajstić information content (AvgIpc) is 3.12. The van der Waals surface area contributed by atoms with Crippen LogP contribution in [-0.2, 0) is 6.42 Å². The van der Waals surface area contributed by atoms with E-state index >= 15 is 0 Å². The maximum absolute atomic E-state index is 14.5. The van der Waals surface area contributed by atoms with Gasteiger partial charge in [0.2, 0.25) is 0 Å². The molecule has 0 unspecified atom stereocenters. The SMILES string of the molecule is Fc1cc(-c2ccc(N=C=S)cc2)cc(F)c1C#Cc1ccc(CC2CCC2)s1. The Morgan fingerprint density at radius 2 is 1.69 bits per heavy atom. The summed E-state index contributed by atoms with van der Waals surface area (Å²) in [5.74, 6) is 5.04. The Morgan fingerprint density at radius 3 is 2.31 bits per heavy atom. The normalized spacial score (nSPS) is 13.2. The number of thiocarbonyl (C=S) groups is 1. The lowest BCUT2D eigenvalue weighted by molar-refractivity contribution is 0.316. The molecule has 1 nitrogen and oxygen atoms in total. The second kappa shape index (κ2) is 8.80. The largest absolute Gasteiger partial charge is 0.205 e. The highest BCUT2D eigenvalue weighted by molar-refractivity contribution is 7.78. The molecular formula is C24H17F2NS2. The number of isothiocyanates is 1. The van der Waals surface area contributed by atoms with Crippen LogP contribution >= 0.6 is 23.6 Å². The molecule has 4 rings (SSSR count). The zero-order valence-electron chi connectivity index (χ0n) is 15.5. The topological polar surface area (TPSA) is 12.4 Å². The molecule has 0 N–H and O–H groups in total. The van der Waals surface area contributed by atoms with Crippen molar-refractivity contribution in [2.24, 2.45) is 10.9 Å². The number of nitrogens with zero attached hydrogens (tertiary/aromatic N) is 1. The Labute approximate surface area is 178 Å². The molecule has 0 spiro atoms. The lowest BCUT2D eigenvalue weighted by Gasteiger charge is -2.24. The first-order valence-electron chi connectivity index (χ1n) is 9.40. The van der Waals surface area contributed by atoms with Crippen molar-refractivity contribution in [1.82, 2.24) is 0 Å². The Bertz CT molecular complexity index is 1120. The molecule has 1 aliphatic carbocycles. The van der Waals surface area contributed by atoms with Crippen LogP contribution in [-0.4, -0.2) is 5.16 Å². The summed E-state index contributed by atoms with van der Waals surface area (Å²) in [6, 6.07) is 13.5. The predicted molar refractivity (Wildman–Crippen MR) is 118 cm³/mol. The van der Waals surface area contributed by atoms with Gasteiger partial charge in [0.1, 0.15) is 11.6 Å². The van der Waals surface area contributed by atoms with Gasteiger partial charge in [-0.15, -0.1) is 11.3 Å². The maximum atomic E-state index is 14.5. The van der Waals surface area contributed by atoms with Gasteiger partial charge in [0.25, 0.3) is 0 Å². The molecule has 1 aromatic heterocycles. The predicted octanol–water partition coefficient (Wildman–Crippen LogP) is 7.17. The molecule has 3 aromatic rings. The quantitative estimate of drug-likeness (QED) is 0.247. The Morgan fingerprint density at radius 1 is 0.966 bits per heavy atom. The van der Waals surface area contributed by atoms with Gasteiger partial charge in [-0.05, 0) is 72.1 Å². The minimum atomic E-state index is -0.667. The van der Waals surface area contributed by atoms with E-state index in [-0.39, 0.29) is 5.56 Å². The lowest BCUT2D eigenvalue weighted by atomic mass is 9.83. The molecule has 0 bridgehead atoms. The first-order valence-corrected chi connectivity index (χ1v) is 10.6. The highest BCUT2D eigenvalue weighted by atomic mass is 32.1. The second-order valence-corrected chi connectivity index (χ2v) is 8.43. The standard InChI is InChI=1S/C24H17F2NS2/c25-23-13-18(17-4-6-19(7-5-17)27-15-28)14-24(26)22(23)11-10-20-8-9-21(29-20)12-16-2-1-3-16/h4-9,13-14,16H,1-3,12H2. The molecule has 5 heteroatoms. The van der Waals surface area contributed by atoms with Gasteiger partial charge in [0, 0.05) is 4.88 Å². The summed E-state index contributed by atoms with van der Waals surface area (Å²) in [7, 11) is 0. The second-order valence-electron chi connectivity index (χ2n) is 7.08. The van der Waals surface area contributed by atoms with Crippen molar-refractivity contribution in [3.8, 4) is 23.0 Å². The van der Waals surface area contributed by atoms with Crippen LogP contribution in [0.1, 0.15) is 34.6 Å². The van der Waals surface area contributed by atoms with Crippen molar-refractivity contribution in [1.29, 1.82) is 0 Å². The fourth-order valence-corrected chi connectivity index (χ4v) is 4.38. The number of halogens is 2. The fraction of sp³-hybridized carbons (Fsp3) is 0.208. The smallest absolute Gasteiger partial charge is 0.142 e. The van der Waals surface area contributed by atoms with E-state index in [1.54, 1.807) is 35.6 Å². The van der Waals surface area contributed by atoms with Crippen LogP contribution in [0.3, 0.4) is 0 Å². The molecule has 1 fully saturated rings. The van der Waals surface area contributed by atoms with Crippen molar-refractivity contribution < 1.29 is 8.78 Å². The molecule has 1 heterocycles. The van der Waals surface area contributed by atoms with Crippen LogP contribution in [0.2, 0.25) is 0 Å². The summed E-state index contributed by atoms with van der Waals surface area (Å²) in [6.45, 7) is 0.